The summed E-state index contributed by atoms with van der Waals surface area (Å²) in [5, 5.41) is 8.66. The van der Waals surface area contributed by atoms with Crippen LogP contribution in [0, 0.1) is 11.3 Å². The highest BCUT2D eigenvalue weighted by Gasteiger charge is 2.06. The summed E-state index contributed by atoms with van der Waals surface area (Å²) in [6.45, 7) is 0. The van der Waals surface area contributed by atoms with Crippen LogP contribution in [0.3, 0.4) is 0 Å². The van der Waals surface area contributed by atoms with Gasteiger partial charge in [-0.1, -0.05) is 0 Å². The van der Waals surface area contributed by atoms with E-state index in [2.05, 4.69) is 19.9 Å². The first-order chi connectivity index (χ1) is 7.70. The SMILES string of the molecule is N#Cc1cnc(-c2cnc(N)cn2)nc1N. The zero-order valence-corrected chi connectivity index (χ0v) is 8.12. The van der Waals surface area contributed by atoms with Gasteiger partial charge in [-0.2, -0.15) is 5.26 Å². The molecule has 0 aromatic carbocycles. The fraction of sp³-hybridized carbons (Fsp3) is 0. The molecule has 0 atom stereocenters. The summed E-state index contributed by atoms with van der Waals surface area (Å²) in [6, 6.07) is 1.88. The molecule has 2 aromatic heterocycles. The molecule has 0 saturated heterocycles. The Balaban J connectivity index is 2.46. The standard InChI is InChI=1S/C9H7N7/c10-1-5-2-15-9(16-8(5)12)6-3-14-7(11)4-13-6/h2-4H,(H2,11,14)(H2,12,15,16). The Hall–Kier alpha value is -2.75. The molecular formula is C9H7N7. The first-order valence-corrected chi connectivity index (χ1v) is 4.31. The third-order valence-corrected chi connectivity index (χ3v) is 1.84. The zero-order valence-electron chi connectivity index (χ0n) is 8.12. The maximum absolute atomic E-state index is 8.66. The highest BCUT2D eigenvalue weighted by molar-refractivity contribution is 5.55. The number of hydrogen-bond acceptors (Lipinski definition) is 7. The van der Waals surface area contributed by atoms with E-state index in [1.165, 1.54) is 18.6 Å². The predicted molar refractivity (Wildman–Crippen MR) is 56.6 cm³/mol. The van der Waals surface area contributed by atoms with Crippen molar-refractivity contribution < 1.29 is 0 Å². The summed E-state index contributed by atoms with van der Waals surface area (Å²) in [4.78, 5) is 15.7. The van der Waals surface area contributed by atoms with Gasteiger partial charge in [-0.15, -0.1) is 0 Å². The van der Waals surface area contributed by atoms with Crippen LogP contribution in [0.5, 0.6) is 0 Å². The average molecular weight is 213 g/mol. The normalized spacial score (nSPS) is 9.69. The van der Waals surface area contributed by atoms with Crippen molar-refractivity contribution in [3.8, 4) is 17.6 Å². The molecule has 7 heteroatoms. The van der Waals surface area contributed by atoms with Gasteiger partial charge >= 0.3 is 0 Å². The highest BCUT2D eigenvalue weighted by Crippen LogP contribution is 2.14. The van der Waals surface area contributed by atoms with Gasteiger partial charge in [0, 0.05) is 0 Å². The minimum absolute atomic E-state index is 0.117. The molecule has 0 amide bonds. The van der Waals surface area contributed by atoms with Crippen molar-refractivity contribution in [1.82, 2.24) is 19.9 Å². The predicted octanol–water partition coefficient (Wildman–Crippen LogP) is -0.0303. The molecule has 0 spiro atoms. The van der Waals surface area contributed by atoms with Gasteiger partial charge in [0.1, 0.15) is 29.0 Å². The largest absolute Gasteiger partial charge is 0.382 e. The Morgan fingerprint density at radius 1 is 1.06 bits per heavy atom. The highest BCUT2D eigenvalue weighted by atomic mass is 15.0. The Labute approximate surface area is 90.8 Å². The van der Waals surface area contributed by atoms with E-state index in [4.69, 9.17) is 16.7 Å². The molecule has 2 rings (SSSR count). The Morgan fingerprint density at radius 2 is 1.88 bits per heavy atom. The summed E-state index contributed by atoms with van der Waals surface area (Å²) >= 11 is 0. The van der Waals surface area contributed by atoms with E-state index in [0.717, 1.165) is 0 Å². The fourth-order valence-corrected chi connectivity index (χ4v) is 1.06. The minimum Gasteiger partial charge on any atom is -0.382 e. The van der Waals surface area contributed by atoms with Gasteiger partial charge in [0.15, 0.2) is 5.82 Å². The second kappa shape index (κ2) is 3.78. The molecule has 0 aliphatic heterocycles. The average Bonchev–Trinajstić information content (AvgIpc) is 2.30. The van der Waals surface area contributed by atoms with Crippen molar-refractivity contribution in [2.24, 2.45) is 0 Å². The molecule has 16 heavy (non-hydrogen) atoms. The lowest BCUT2D eigenvalue weighted by atomic mass is 10.3. The molecule has 0 saturated carbocycles. The second-order valence-electron chi connectivity index (χ2n) is 2.93. The molecule has 2 heterocycles. The lowest BCUT2D eigenvalue weighted by molar-refractivity contribution is 1.11. The van der Waals surface area contributed by atoms with Crippen molar-refractivity contribution in [3.63, 3.8) is 0 Å². The molecule has 0 radical (unpaired) electrons. The Morgan fingerprint density at radius 3 is 2.44 bits per heavy atom. The van der Waals surface area contributed by atoms with Crippen LogP contribution >= 0.6 is 0 Å². The molecule has 0 unspecified atom stereocenters. The molecule has 2 aromatic rings. The smallest absolute Gasteiger partial charge is 0.181 e. The van der Waals surface area contributed by atoms with E-state index >= 15 is 0 Å². The summed E-state index contributed by atoms with van der Waals surface area (Å²) in [7, 11) is 0. The van der Waals surface area contributed by atoms with Gasteiger partial charge in [0.2, 0.25) is 0 Å². The van der Waals surface area contributed by atoms with Gasteiger partial charge in [0.05, 0.1) is 18.6 Å². The Kier molecular flexibility index (Phi) is 2.31. The van der Waals surface area contributed by atoms with Crippen molar-refractivity contribution >= 4 is 11.6 Å². The third kappa shape index (κ3) is 1.72. The van der Waals surface area contributed by atoms with Crippen LogP contribution in [0.25, 0.3) is 11.5 Å². The first-order valence-electron chi connectivity index (χ1n) is 4.31. The fourth-order valence-electron chi connectivity index (χ4n) is 1.06. The summed E-state index contributed by atoms with van der Waals surface area (Å²) < 4.78 is 0. The number of anilines is 2. The maximum Gasteiger partial charge on any atom is 0.181 e. The number of nitrogens with two attached hydrogens (primary N) is 2. The van der Waals surface area contributed by atoms with Crippen molar-refractivity contribution in [2.75, 3.05) is 11.5 Å². The number of nitrogen functional groups attached to an aromatic ring is 2. The van der Waals surface area contributed by atoms with Gasteiger partial charge in [-0.3, -0.25) is 0 Å². The quantitative estimate of drug-likeness (QED) is 0.680. The van der Waals surface area contributed by atoms with Crippen molar-refractivity contribution in [3.05, 3.63) is 24.2 Å². The number of hydrogen-bond donors (Lipinski definition) is 2. The lowest BCUT2D eigenvalue weighted by Gasteiger charge is -2.00. The number of nitriles is 1. The molecular weight excluding hydrogens is 206 g/mol. The monoisotopic (exact) mass is 213 g/mol. The second-order valence-corrected chi connectivity index (χ2v) is 2.93. The molecule has 7 nitrogen and oxygen atoms in total. The van der Waals surface area contributed by atoms with Gasteiger partial charge in [0.25, 0.3) is 0 Å². The Bertz CT molecular complexity index is 555. The van der Waals surface area contributed by atoms with E-state index in [0.29, 0.717) is 17.3 Å². The lowest BCUT2D eigenvalue weighted by Crippen LogP contribution is -2.01. The minimum atomic E-state index is 0.117. The van der Waals surface area contributed by atoms with E-state index in [1.807, 2.05) is 6.07 Å². The number of aromatic nitrogens is 4. The molecule has 0 bridgehead atoms. The van der Waals surface area contributed by atoms with Gasteiger partial charge in [-0.25, -0.2) is 19.9 Å². The summed E-state index contributed by atoms with van der Waals surface area (Å²) in [5.74, 6) is 0.737. The maximum atomic E-state index is 8.66. The third-order valence-electron chi connectivity index (χ3n) is 1.84. The van der Waals surface area contributed by atoms with Crippen LogP contribution in [0.4, 0.5) is 11.6 Å². The van der Waals surface area contributed by atoms with Crippen molar-refractivity contribution in [1.29, 1.82) is 5.26 Å². The molecule has 78 valence electrons. The summed E-state index contributed by atoms with van der Waals surface area (Å²) in [6.07, 6.45) is 4.18. The van der Waals surface area contributed by atoms with E-state index in [9.17, 15) is 0 Å². The molecule has 4 N–H and O–H groups in total. The number of nitrogens with zero attached hydrogens (tertiary/aromatic N) is 5. The van der Waals surface area contributed by atoms with Crippen molar-refractivity contribution in [2.45, 2.75) is 0 Å². The number of rotatable bonds is 1. The first kappa shape index (κ1) is 9.79. The van der Waals surface area contributed by atoms with Crippen LogP contribution in [0.2, 0.25) is 0 Å². The molecule has 0 aliphatic rings. The van der Waals surface area contributed by atoms with Crippen LogP contribution in [-0.2, 0) is 0 Å². The van der Waals surface area contributed by atoms with E-state index < -0.39 is 0 Å². The van der Waals surface area contributed by atoms with Gasteiger partial charge in [-0.05, 0) is 0 Å². The molecule has 0 fully saturated rings. The van der Waals surface area contributed by atoms with Gasteiger partial charge < -0.3 is 11.5 Å². The zero-order chi connectivity index (χ0) is 11.5. The molecule has 0 aliphatic carbocycles. The van der Waals surface area contributed by atoms with E-state index in [-0.39, 0.29) is 11.4 Å². The van der Waals surface area contributed by atoms with Crippen LogP contribution in [0.1, 0.15) is 5.56 Å². The van der Waals surface area contributed by atoms with Crippen LogP contribution in [-0.4, -0.2) is 19.9 Å². The summed E-state index contributed by atoms with van der Waals surface area (Å²) in [5.41, 5.74) is 11.6. The van der Waals surface area contributed by atoms with Crippen LogP contribution in [0.15, 0.2) is 18.6 Å². The van der Waals surface area contributed by atoms with E-state index in [1.54, 1.807) is 0 Å². The van der Waals surface area contributed by atoms with Crippen LogP contribution < -0.4 is 11.5 Å². The topological polar surface area (TPSA) is 127 Å².